The fourth-order valence-electron chi connectivity index (χ4n) is 4.62. The molecular weight excluding hydrogens is 348 g/mol. The summed E-state index contributed by atoms with van der Waals surface area (Å²) in [6, 6.07) is 3.88. The fraction of sp³-hybridized carbons (Fsp3) is 0.684. The number of benzene rings is 1. The Bertz CT molecular complexity index is 633. The standard InChI is InChI=1S/C19H24F4N2O/c20-18-2-1-12(7-17(18)19(21,22)23)8-24-9-14-15-10-25(11-16(14)15)13-3-5-26-6-4-13/h1-2,7,13-16,24H,3-6,8-11H2. The molecule has 1 aliphatic carbocycles. The van der Waals surface area contributed by atoms with E-state index >= 15 is 0 Å². The van der Waals surface area contributed by atoms with E-state index < -0.39 is 17.6 Å². The van der Waals surface area contributed by atoms with Crippen LogP contribution in [0.3, 0.4) is 0 Å². The molecule has 0 bridgehead atoms. The topological polar surface area (TPSA) is 24.5 Å². The smallest absolute Gasteiger partial charge is 0.381 e. The Balaban J connectivity index is 1.23. The van der Waals surface area contributed by atoms with Gasteiger partial charge in [-0.2, -0.15) is 13.2 Å². The van der Waals surface area contributed by atoms with Crippen LogP contribution in [-0.2, 0) is 17.5 Å². The van der Waals surface area contributed by atoms with Crippen LogP contribution in [-0.4, -0.2) is 43.8 Å². The van der Waals surface area contributed by atoms with Crippen molar-refractivity contribution in [2.75, 3.05) is 32.8 Å². The molecule has 1 aromatic rings. The molecule has 1 N–H and O–H groups in total. The van der Waals surface area contributed by atoms with E-state index in [0.717, 1.165) is 57.8 Å². The van der Waals surface area contributed by atoms with Crippen molar-refractivity contribution in [1.82, 2.24) is 10.2 Å². The first-order valence-electron chi connectivity index (χ1n) is 9.31. The number of halogens is 4. The van der Waals surface area contributed by atoms with Gasteiger partial charge in [0.15, 0.2) is 0 Å². The molecule has 0 aromatic heterocycles. The van der Waals surface area contributed by atoms with E-state index in [0.29, 0.717) is 35.9 Å². The predicted octanol–water partition coefficient (Wildman–Crippen LogP) is 3.29. The van der Waals surface area contributed by atoms with E-state index in [1.54, 1.807) is 0 Å². The third-order valence-electron chi connectivity index (χ3n) is 6.15. The molecule has 2 unspecified atom stereocenters. The molecule has 3 fully saturated rings. The highest BCUT2D eigenvalue weighted by Crippen LogP contribution is 2.52. The molecule has 26 heavy (non-hydrogen) atoms. The van der Waals surface area contributed by atoms with Gasteiger partial charge < -0.3 is 10.1 Å². The van der Waals surface area contributed by atoms with Gasteiger partial charge in [0, 0.05) is 38.9 Å². The van der Waals surface area contributed by atoms with E-state index in [9.17, 15) is 17.6 Å². The third-order valence-corrected chi connectivity index (χ3v) is 6.15. The second-order valence-electron chi connectivity index (χ2n) is 7.73. The van der Waals surface area contributed by atoms with Crippen molar-refractivity contribution in [2.45, 2.75) is 31.6 Å². The molecule has 7 heteroatoms. The van der Waals surface area contributed by atoms with E-state index in [2.05, 4.69) is 10.2 Å². The molecule has 2 atom stereocenters. The van der Waals surface area contributed by atoms with Gasteiger partial charge in [-0.3, -0.25) is 4.90 Å². The molecular formula is C19H24F4N2O. The van der Waals surface area contributed by atoms with Crippen molar-refractivity contribution in [3.05, 3.63) is 35.1 Å². The van der Waals surface area contributed by atoms with Crippen LogP contribution in [0.15, 0.2) is 18.2 Å². The molecule has 0 radical (unpaired) electrons. The predicted molar refractivity (Wildman–Crippen MR) is 89.0 cm³/mol. The Morgan fingerprint density at radius 1 is 1.12 bits per heavy atom. The van der Waals surface area contributed by atoms with Crippen molar-refractivity contribution in [3.63, 3.8) is 0 Å². The van der Waals surface area contributed by atoms with Crippen molar-refractivity contribution in [1.29, 1.82) is 0 Å². The molecule has 144 valence electrons. The molecule has 1 aromatic carbocycles. The number of piperidine rings is 1. The SMILES string of the molecule is Fc1ccc(CNCC2C3CN(C4CCOCC4)CC23)cc1C(F)(F)F. The third kappa shape index (κ3) is 3.75. The van der Waals surface area contributed by atoms with Crippen LogP contribution >= 0.6 is 0 Å². The minimum Gasteiger partial charge on any atom is -0.381 e. The molecule has 3 aliphatic rings. The molecule has 2 saturated heterocycles. The Kier molecular flexibility index (Phi) is 4.96. The second kappa shape index (κ2) is 7.09. The van der Waals surface area contributed by atoms with Crippen molar-refractivity contribution in [2.24, 2.45) is 17.8 Å². The first-order valence-corrected chi connectivity index (χ1v) is 9.31. The summed E-state index contributed by atoms with van der Waals surface area (Å²) in [6.45, 7) is 5.14. The van der Waals surface area contributed by atoms with E-state index in [-0.39, 0.29) is 0 Å². The molecule has 3 nitrogen and oxygen atoms in total. The van der Waals surface area contributed by atoms with Crippen LogP contribution < -0.4 is 5.32 Å². The van der Waals surface area contributed by atoms with Crippen LogP contribution in [0.25, 0.3) is 0 Å². The van der Waals surface area contributed by atoms with Crippen molar-refractivity contribution >= 4 is 0 Å². The van der Waals surface area contributed by atoms with Gasteiger partial charge in [-0.1, -0.05) is 6.07 Å². The van der Waals surface area contributed by atoms with E-state index in [4.69, 9.17) is 4.74 Å². The van der Waals surface area contributed by atoms with Gasteiger partial charge in [-0.15, -0.1) is 0 Å². The zero-order chi connectivity index (χ0) is 18.3. The number of likely N-dealkylation sites (tertiary alicyclic amines) is 1. The van der Waals surface area contributed by atoms with Crippen LogP contribution in [0.5, 0.6) is 0 Å². The molecule has 2 heterocycles. The van der Waals surface area contributed by atoms with E-state index in [1.165, 1.54) is 6.07 Å². The molecule has 4 rings (SSSR count). The minimum absolute atomic E-state index is 0.336. The van der Waals surface area contributed by atoms with Crippen molar-refractivity contribution < 1.29 is 22.3 Å². The largest absolute Gasteiger partial charge is 0.419 e. The highest BCUT2D eigenvalue weighted by Gasteiger charge is 2.55. The average molecular weight is 372 g/mol. The van der Waals surface area contributed by atoms with Crippen molar-refractivity contribution in [3.8, 4) is 0 Å². The van der Waals surface area contributed by atoms with E-state index in [1.807, 2.05) is 0 Å². The summed E-state index contributed by atoms with van der Waals surface area (Å²) < 4.78 is 57.0. The average Bonchev–Trinajstić information content (AvgIpc) is 3.06. The molecule has 2 aliphatic heterocycles. The summed E-state index contributed by atoms with van der Waals surface area (Å²) >= 11 is 0. The summed E-state index contributed by atoms with van der Waals surface area (Å²) in [5, 5.41) is 3.26. The van der Waals surface area contributed by atoms with Gasteiger partial charge in [-0.05, 0) is 54.8 Å². The van der Waals surface area contributed by atoms with Crippen LogP contribution in [0.4, 0.5) is 17.6 Å². The highest BCUT2D eigenvalue weighted by atomic mass is 19.4. The van der Waals surface area contributed by atoms with Gasteiger partial charge in [0.2, 0.25) is 0 Å². The number of hydrogen-bond acceptors (Lipinski definition) is 3. The first kappa shape index (κ1) is 18.2. The minimum atomic E-state index is -4.65. The fourth-order valence-corrected chi connectivity index (χ4v) is 4.62. The number of alkyl halides is 3. The Morgan fingerprint density at radius 2 is 1.81 bits per heavy atom. The summed E-state index contributed by atoms with van der Waals surface area (Å²) in [4.78, 5) is 2.59. The maximum Gasteiger partial charge on any atom is 0.419 e. The van der Waals surface area contributed by atoms with Gasteiger partial charge in [0.1, 0.15) is 5.82 Å². The number of nitrogens with one attached hydrogen (secondary N) is 1. The summed E-state index contributed by atoms with van der Waals surface area (Å²) in [5.74, 6) is 0.827. The number of ether oxygens (including phenoxy) is 1. The Labute approximate surface area is 150 Å². The van der Waals surface area contributed by atoms with Gasteiger partial charge >= 0.3 is 6.18 Å². The molecule has 0 spiro atoms. The van der Waals surface area contributed by atoms with Crippen LogP contribution in [0.1, 0.15) is 24.0 Å². The first-order chi connectivity index (χ1) is 12.4. The Hall–Kier alpha value is -1.18. The Morgan fingerprint density at radius 3 is 2.46 bits per heavy atom. The number of fused-ring (bicyclic) bond motifs is 1. The lowest BCUT2D eigenvalue weighted by Crippen LogP contribution is -2.40. The summed E-state index contributed by atoms with van der Waals surface area (Å²) in [5.41, 5.74) is -0.722. The number of rotatable bonds is 5. The second-order valence-corrected chi connectivity index (χ2v) is 7.73. The quantitative estimate of drug-likeness (QED) is 0.803. The lowest BCUT2D eigenvalue weighted by molar-refractivity contribution is -0.140. The zero-order valence-electron chi connectivity index (χ0n) is 14.6. The maximum absolute atomic E-state index is 13.3. The molecule has 0 amide bonds. The van der Waals surface area contributed by atoms with Crippen LogP contribution in [0, 0.1) is 23.6 Å². The summed E-state index contributed by atoms with van der Waals surface area (Å²) in [6.07, 6.45) is -2.41. The number of hydrogen-bond donors (Lipinski definition) is 1. The van der Waals surface area contributed by atoms with Gasteiger partial charge in [0.05, 0.1) is 5.56 Å². The highest BCUT2D eigenvalue weighted by molar-refractivity contribution is 5.27. The monoisotopic (exact) mass is 372 g/mol. The van der Waals surface area contributed by atoms with Crippen LogP contribution in [0.2, 0.25) is 0 Å². The zero-order valence-corrected chi connectivity index (χ0v) is 14.6. The maximum atomic E-state index is 13.3. The summed E-state index contributed by atoms with van der Waals surface area (Å²) in [7, 11) is 0. The van der Waals surface area contributed by atoms with Gasteiger partial charge in [0.25, 0.3) is 0 Å². The normalized spacial score (nSPS) is 29.8. The van der Waals surface area contributed by atoms with Gasteiger partial charge in [-0.25, -0.2) is 4.39 Å². The number of nitrogens with zero attached hydrogens (tertiary/aromatic N) is 1. The lowest BCUT2D eigenvalue weighted by atomic mass is 10.1. The molecule has 1 saturated carbocycles. The lowest BCUT2D eigenvalue weighted by Gasteiger charge is -2.32.